The third-order valence-electron chi connectivity index (χ3n) is 5.04. The zero-order valence-electron chi connectivity index (χ0n) is 18.7. The molecule has 9 nitrogen and oxygen atoms in total. The molecule has 1 N–H and O–H groups in total. The molecule has 0 aliphatic rings. The second-order valence-electron chi connectivity index (χ2n) is 7.38. The molecule has 0 saturated carbocycles. The van der Waals surface area contributed by atoms with Gasteiger partial charge in [-0.05, 0) is 49.6 Å². The van der Waals surface area contributed by atoms with Crippen LogP contribution in [0.4, 0.5) is 11.4 Å². The molecular weight excluding hydrogens is 442 g/mol. The van der Waals surface area contributed by atoms with Crippen LogP contribution in [0.3, 0.4) is 0 Å². The topological polar surface area (TPSA) is 112 Å². The smallest absolute Gasteiger partial charge is 0.269 e. The number of aromatic nitrogens is 3. The van der Waals surface area contributed by atoms with E-state index in [0.717, 1.165) is 16.9 Å². The predicted molar refractivity (Wildman–Crippen MR) is 128 cm³/mol. The Labute approximate surface area is 196 Å². The Balaban J connectivity index is 1.64. The van der Waals surface area contributed by atoms with E-state index in [4.69, 9.17) is 4.74 Å². The SMILES string of the molecule is C=CCn1c(COc2cccc(C)c2C)nnc1SCC(=O)Nc1ccc([N+](=O)[O-])cc1C. The number of hydrogen-bond donors (Lipinski definition) is 1. The summed E-state index contributed by atoms with van der Waals surface area (Å²) >= 11 is 1.24. The van der Waals surface area contributed by atoms with E-state index in [0.29, 0.717) is 28.8 Å². The lowest BCUT2D eigenvalue weighted by atomic mass is 10.1. The number of benzene rings is 2. The molecule has 0 aliphatic carbocycles. The Hall–Kier alpha value is -3.66. The van der Waals surface area contributed by atoms with Crippen LogP contribution in [0.2, 0.25) is 0 Å². The van der Waals surface area contributed by atoms with Gasteiger partial charge in [0, 0.05) is 24.4 Å². The van der Waals surface area contributed by atoms with Gasteiger partial charge in [-0.2, -0.15) is 0 Å². The third kappa shape index (κ3) is 5.98. The van der Waals surface area contributed by atoms with Gasteiger partial charge in [0.2, 0.25) is 5.91 Å². The van der Waals surface area contributed by atoms with Crippen molar-refractivity contribution in [1.29, 1.82) is 0 Å². The van der Waals surface area contributed by atoms with Crippen LogP contribution in [-0.4, -0.2) is 31.3 Å². The average molecular weight is 468 g/mol. The fourth-order valence-electron chi connectivity index (χ4n) is 3.09. The van der Waals surface area contributed by atoms with Crippen LogP contribution >= 0.6 is 11.8 Å². The largest absolute Gasteiger partial charge is 0.485 e. The van der Waals surface area contributed by atoms with E-state index in [1.54, 1.807) is 13.0 Å². The molecule has 0 atom stereocenters. The van der Waals surface area contributed by atoms with Gasteiger partial charge in [-0.25, -0.2) is 0 Å². The Morgan fingerprint density at radius 3 is 2.73 bits per heavy atom. The molecule has 0 saturated heterocycles. The summed E-state index contributed by atoms with van der Waals surface area (Å²) in [5, 5.41) is 22.7. The number of anilines is 1. The highest BCUT2D eigenvalue weighted by Crippen LogP contribution is 2.24. The number of nitrogens with zero attached hydrogens (tertiary/aromatic N) is 4. The highest BCUT2D eigenvalue weighted by Gasteiger charge is 2.16. The molecule has 0 spiro atoms. The average Bonchev–Trinajstić information content (AvgIpc) is 3.16. The number of carbonyl (C=O) groups excluding carboxylic acids is 1. The Bertz CT molecular complexity index is 1190. The summed E-state index contributed by atoms with van der Waals surface area (Å²) in [4.78, 5) is 22.9. The molecule has 1 aromatic heterocycles. The van der Waals surface area contributed by atoms with Gasteiger partial charge in [0.15, 0.2) is 11.0 Å². The predicted octanol–water partition coefficient (Wildman–Crippen LogP) is 4.61. The van der Waals surface area contributed by atoms with E-state index >= 15 is 0 Å². The number of nitrogens with one attached hydrogen (secondary N) is 1. The summed E-state index contributed by atoms with van der Waals surface area (Å²) < 4.78 is 7.81. The zero-order valence-corrected chi connectivity index (χ0v) is 19.5. The van der Waals surface area contributed by atoms with Crippen molar-refractivity contribution in [1.82, 2.24) is 14.8 Å². The molecule has 0 aliphatic heterocycles. The second kappa shape index (κ2) is 10.8. The Morgan fingerprint density at radius 2 is 2.03 bits per heavy atom. The summed E-state index contributed by atoms with van der Waals surface area (Å²) in [6, 6.07) is 10.2. The van der Waals surface area contributed by atoms with E-state index in [-0.39, 0.29) is 24.0 Å². The number of ether oxygens (including phenoxy) is 1. The number of non-ortho nitro benzene ring substituents is 1. The molecule has 1 heterocycles. The summed E-state index contributed by atoms with van der Waals surface area (Å²) in [6.45, 7) is 10.2. The lowest BCUT2D eigenvalue weighted by Gasteiger charge is -2.12. The van der Waals surface area contributed by atoms with Crippen LogP contribution in [0.1, 0.15) is 22.5 Å². The molecule has 172 valence electrons. The van der Waals surface area contributed by atoms with Crippen molar-refractivity contribution in [3.63, 3.8) is 0 Å². The van der Waals surface area contributed by atoms with E-state index in [2.05, 4.69) is 22.1 Å². The van der Waals surface area contributed by atoms with Crippen molar-refractivity contribution in [3.05, 3.63) is 81.7 Å². The number of carbonyl (C=O) groups is 1. The standard InChI is InChI=1S/C23H25N5O4S/c1-5-11-27-21(13-32-20-8-6-7-15(2)17(20)4)25-26-23(27)33-14-22(29)24-19-10-9-18(28(30)31)12-16(19)3/h5-10,12H,1,11,13-14H2,2-4H3,(H,24,29). The summed E-state index contributed by atoms with van der Waals surface area (Å²) in [6.07, 6.45) is 1.73. The normalized spacial score (nSPS) is 10.6. The van der Waals surface area contributed by atoms with E-state index < -0.39 is 4.92 Å². The number of aryl methyl sites for hydroxylation is 2. The van der Waals surface area contributed by atoms with Gasteiger partial charge in [0.05, 0.1) is 10.7 Å². The number of nitro benzene ring substituents is 1. The van der Waals surface area contributed by atoms with Crippen molar-refractivity contribution in [2.24, 2.45) is 0 Å². The van der Waals surface area contributed by atoms with Crippen LogP contribution in [-0.2, 0) is 17.9 Å². The number of thioether (sulfide) groups is 1. The van der Waals surface area contributed by atoms with E-state index in [1.165, 1.54) is 30.0 Å². The van der Waals surface area contributed by atoms with Crippen molar-refractivity contribution in [3.8, 4) is 5.75 Å². The first-order valence-electron chi connectivity index (χ1n) is 10.2. The van der Waals surface area contributed by atoms with Crippen LogP contribution in [0, 0.1) is 30.9 Å². The van der Waals surface area contributed by atoms with Crippen molar-refractivity contribution < 1.29 is 14.5 Å². The van der Waals surface area contributed by atoms with Gasteiger partial charge < -0.3 is 10.1 Å². The van der Waals surface area contributed by atoms with Crippen molar-refractivity contribution in [2.45, 2.75) is 39.1 Å². The van der Waals surface area contributed by atoms with Crippen LogP contribution in [0.15, 0.2) is 54.2 Å². The molecule has 33 heavy (non-hydrogen) atoms. The lowest BCUT2D eigenvalue weighted by Crippen LogP contribution is -2.15. The van der Waals surface area contributed by atoms with Gasteiger partial charge in [-0.15, -0.1) is 16.8 Å². The first-order chi connectivity index (χ1) is 15.8. The molecule has 0 radical (unpaired) electrons. The first-order valence-corrected chi connectivity index (χ1v) is 11.2. The van der Waals surface area contributed by atoms with Gasteiger partial charge in [0.25, 0.3) is 5.69 Å². The number of allylic oxidation sites excluding steroid dienone is 1. The number of hydrogen-bond acceptors (Lipinski definition) is 7. The van der Waals surface area contributed by atoms with Gasteiger partial charge in [0.1, 0.15) is 12.4 Å². The molecule has 0 unspecified atom stereocenters. The Kier molecular flexibility index (Phi) is 7.83. The van der Waals surface area contributed by atoms with Gasteiger partial charge in [-0.3, -0.25) is 19.5 Å². The van der Waals surface area contributed by atoms with Crippen LogP contribution < -0.4 is 10.1 Å². The molecule has 1 amide bonds. The molecular formula is C23H25N5O4S. The second-order valence-corrected chi connectivity index (χ2v) is 8.32. The number of rotatable bonds is 10. The third-order valence-corrected chi connectivity index (χ3v) is 6.01. The highest BCUT2D eigenvalue weighted by molar-refractivity contribution is 7.99. The van der Waals surface area contributed by atoms with Crippen molar-refractivity contribution in [2.75, 3.05) is 11.1 Å². The first kappa shape index (κ1) is 24.0. The fourth-order valence-corrected chi connectivity index (χ4v) is 3.85. The maximum Gasteiger partial charge on any atom is 0.269 e. The lowest BCUT2D eigenvalue weighted by molar-refractivity contribution is -0.384. The molecule has 3 rings (SSSR count). The molecule has 3 aromatic rings. The summed E-state index contributed by atoms with van der Waals surface area (Å²) in [7, 11) is 0. The van der Waals surface area contributed by atoms with Gasteiger partial charge in [-0.1, -0.05) is 30.0 Å². The maximum atomic E-state index is 12.4. The quantitative estimate of drug-likeness (QED) is 0.201. The summed E-state index contributed by atoms with van der Waals surface area (Å²) in [5.74, 6) is 1.27. The van der Waals surface area contributed by atoms with Gasteiger partial charge >= 0.3 is 0 Å². The highest BCUT2D eigenvalue weighted by atomic mass is 32.2. The minimum atomic E-state index is -0.470. The fraction of sp³-hybridized carbons (Fsp3) is 0.261. The minimum absolute atomic E-state index is 0.0204. The van der Waals surface area contributed by atoms with Crippen molar-refractivity contribution >= 4 is 29.0 Å². The number of nitro groups is 1. The molecule has 0 fully saturated rings. The maximum absolute atomic E-state index is 12.4. The van der Waals surface area contributed by atoms with E-state index in [1.807, 2.05) is 36.6 Å². The zero-order chi connectivity index (χ0) is 24.0. The monoisotopic (exact) mass is 467 g/mol. The van der Waals surface area contributed by atoms with Crippen LogP contribution in [0.5, 0.6) is 5.75 Å². The minimum Gasteiger partial charge on any atom is -0.485 e. The van der Waals surface area contributed by atoms with Crippen LogP contribution in [0.25, 0.3) is 0 Å². The molecule has 10 heteroatoms. The summed E-state index contributed by atoms with van der Waals surface area (Å²) in [5.41, 5.74) is 3.34. The number of amides is 1. The molecule has 0 bridgehead atoms. The Morgan fingerprint density at radius 1 is 1.24 bits per heavy atom. The van der Waals surface area contributed by atoms with E-state index in [9.17, 15) is 14.9 Å². The molecule has 2 aromatic carbocycles.